The summed E-state index contributed by atoms with van der Waals surface area (Å²) in [4.78, 5) is 10.8. The number of hydrogen-bond donors (Lipinski definition) is 0. The van der Waals surface area contributed by atoms with Crippen molar-refractivity contribution in [1.82, 2.24) is 0 Å². The minimum Gasteiger partial charge on any atom is -0.464 e. The maximum absolute atomic E-state index is 11.2. The minimum atomic E-state index is -0.388. The van der Waals surface area contributed by atoms with E-state index in [-0.39, 0.29) is 10.6 Å². The van der Waals surface area contributed by atoms with Gasteiger partial charge in [-0.15, -0.1) is 0 Å². The van der Waals surface area contributed by atoms with Crippen LogP contribution in [-0.4, -0.2) is 4.92 Å². The van der Waals surface area contributed by atoms with Gasteiger partial charge in [0, 0.05) is 10.9 Å². The molecular formula is C14H8BrNO3. The third-order valence-corrected chi connectivity index (χ3v) is 3.58. The predicted molar refractivity (Wildman–Crippen MR) is 76.0 cm³/mol. The summed E-state index contributed by atoms with van der Waals surface area (Å²) in [6.45, 7) is 0. The lowest BCUT2D eigenvalue weighted by molar-refractivity contribution is -0.385. The minimum absolute atomic E-state index is 0.0500. The Kier molecular flexibility index (Phi) is 2.83. The molecule has 0 aliphatic rings. The van der Waals surface area contributed by atoms with Crippen molar-refractivity contribution in [3.8, 4) is 11.1 Å². The van der Waals surface area contributed by atoms with Gasteiger partial charge >= 0.3 is 0 Å². The van der Waals surface area contributed by atoms with E-state index in [1.807, 2.05) is 24.3 Å². The van der Waals surface area contributed by atoms with Crippen LogP contribution in [0.25, 0.3) is 22.1 Å². The van der Waals surface area contributed by atoms with Crippen LogP contribution in [0, 0.1) is 10.1 Å². The molecule has 0 aliphatic heterocycles. The summed E-state index contributed by atoms with van der Waals surface area (Å²) in [7, 11) is 0. The first kappa shape index (κ1) is 11.9. The van der Waals surface area contributed by atoms with Crippen LogP contribution in [0.3, 0.4) is 0 Å². The summed E-state index contributed by atoms with van der Waals surface area (Å²) in [6, 6.07) is 12.6. The second-order valence-corrected chi connectivity index (χ2v) is 4.89. The number of halogens is 1. The van der Waals surface area contributed by atoms with E-state index in [2.05, 4.69) is 15.9 Å². The van der Waals surface area contributed by atoms with Crippen LogP contribution in [0.1, 0.15) is 0 Å². The van der Waals surface area contributed by atoms with E-state index in [9.17, 15) is 10.1 Å². The molecule has 0 saturated carbocycles. The highest BCUT2D eigenvalue weighted by atomic mass is 79.9. The van der Waals surface area contributed by atoms with Crippen molar-refractivity contribution < 1.29 is 9.34 Å². The number of fused-ring (bicyclic) bond motifs is 1. The maximum Gasteiger partial charge on any atom is 0.291 e. The highest BCUT2D eigenvalue weighted by Gasteiger charge is 2.21. The van der Waals surface area contributed by atoms with Gasteiger partial charge in [0.25, 0.3) is 5.69 Å². The quantitative estimate of drug-likeness (QED) is 0.505. The van der Waals surface area contributed by atoms with Crippen LogP contribution in [0.15, 0.2) is 57.6 Å². The van der Waals surface area contributed by atoms with Crippen molar-refractivity contribution in [3.63, 3.8) is 0 Å². The van der Waals surface area contributed by atoms with Crippen molar-refractivity contribution in [2.45, 2.75) is 0 Å². The van der Waals surface area contributed by atoms with Crippen LogP contribution in [-0.2, 0) is 0 Å². The number of nitro groups is 1. The Hall–Kier alpha value is -2.14. The predicted octanol–water partition coefficient (Wildman–Crippen LogP) is 4.77. The molecule has 0 spiro atoms. The number of furan rings is 1. The summed E-state index contributed by atoms with van der Waals surface area (Å²) in [5.74, 6) is 0. The number of benzene rings is 2. The second kappa shape index (κ2) is 4.51. The third-order valence-electron chi connectivity index (χ3n) is 2.94. The van der Waals surface area contributed by atoms with Crippen molar-refractivity contribution >= 4 is 32.6 Å². The molecule has 0 bridgehead atoms. The second-order valence-electron chi connectivity index (χ2n) is 4.04. The third kappa shape index (κ3) is 1.92. The normalized spacial score (nSPS) is 10.8. The Labute approximate surface area is 116 Å². The molecule has 19 heavy (non-hydrogen) atoms. The molecule has 0 unspecified atom stereocenters. The molecule has 1 heterocycles. The summed E-state index contributed by atoms with van der Waals surface area (Å²) in [5, 5.41) is 12.1. The molecule has 3 aromatic rings. The van der Waals surface area contributed by atoms with Crippen LogP contribution in [0.4, 0.5) is 5.69 Å². The molecule has 3 rings (SSSR count). The van der Waals surface area contributed by atoms with Crippen LogP contribution in [0.2, 0.25) is 0 Å². The summed E-state index contributed by atoms with van der Waals surface area (Å²) in [6.07, 6.45) is 1.56. The molecule has 0 N–H and O–H groups in total. The first-order valence-corrected chi connectivity index (χ1v) is 6.37. The first-order chi connectivity index (χ1) is 9.18. The summed E-state index contributed by atoms with van der Waals surface area (Å²) < 4.78 is 5.90. The number of hydrogen-bond acceptors (Lipinski definition) is 3. The molecule has 0 radical (unpaired) electrons. The van der Waals surface area contributed by atoms with Gasteiger partial charge < -0.3 is 4.42 Å². The smallest absolute Gasteiger partial charge is 0.291 e. The van der Waals surface area contributed by atoms with Crippen molar-refractivity contribution in [2.24, 2.45) is 0 Å². The molecule has 0 aliphatic carbocycles. The van der Waals surface area contributed by atoms with E-state index >= 15 is 0 Å². The summed E-state index contributed by atoms with van der Waals surface area (Å²) in [5.41, 5.74) is 2.04. The highest BCUT2D eigenvalue weighted by molar-refractivity contribution is 9.10. The largest absolute Gasteiger partial charge is 0.464 e. The Bertz CT molecular complexity index is 779. The zero-order valence-electron chi connectivity index (χ0n) is 9.67. The lowest BCUT2D eigenvalue weighted by atomic mass is 10.0. The Morgan fingerprint density at radius 2 is 1.84 bits per heavy atom. The average Bonchev–Trinajstić information content (AvgIpc) is 2.81. The van der Waals surface area contributed by atoms with Gasteiger partial charge in [-0.1, -0.05) is 24.3 Å². The van der Waals surface area contributed by atoms with Gasteiger partial charge in [-0.2, -0.15) is 0 Å². The standard InChI is InChI=1S/C14H8BrNO3/c15-12-6-3-5-10(14(12)16(17)18)11-8-19-13-7-2-1-4-9(11)13/h1-8H. The topological polar surface area (TPSA) is 56.3 Å². The number of nitro benzene ring substituents is 1. The van der Waals surface area contributed by atoms with E-state index in [1.165, 1.54) is 0 Å². The van der Waals surface area contributed by atoms with Crippen LogP contribution >= 0.6 is 15.9 Å². The van der Waals surface area contributed by atoms with Crippen molar-refractivity contribution in [1.29, 1.82) is 0 Å². The molecular weight excluding hydrogens is 310 g/mol. The maximum atomic E-state index is 11.2. The van der Waals surface area contributed by atoms with Crippen molar-refractivity contribution in [3.05, 3.63) is 63.3 Å². The molecule has 1 aromatic heterocycles. The van der Waals surface area contributed by atoms with E-state index in [1.54, 1.807) is 24.5 Å². The summed E-state index contributed by atoms with van der Waals surface area (Å²) >= 11 is 3.23. The molecule has 0 atom stereocenters. The van der Waals surface area contributed by atoms with E-state index in [0.717, 1.165) is 10.9 Å². The SMILES string of the molecule is O=[N+]([O-])c1c(Br)cccc1-c1coc2ccccc12. The van der Waals surface area contributed by atoms with Gasteiger partial charge in [-0.05, 0) is 34.1 Å². The molecule has 2 aromatic carbocycles. The zero-order chi connectivity index (χ0) is 13.4. The van der Waals surface area contributed by atoms with Gasteiger partial charge in [0.05, 0.1) is 21.2 Å². The van der Waals surface area contributed by atoms with E-state index in [4.69, 9.17) is 4.42 Å². The Morgan fingerprint density at radius 1 is 1.05 bits per heavy atom. The van der Waals surface area contributed by atoms with Crippen LogP contribution in [0.5, 0.6) is 0 Å². The molecule has 0 saturated heterocycles. The molecule has 0 fully saturated rings. The Morgan fingerprint density at radius 3 is 2.63 bits per heavy atom. The number of rotatable bonds is 2. The highest BCUT2D eigenvalue weighted by Crippen LogP contribution is 2.39. The fourth-order valence-electron chi connectivity index (χ4n) is 2.10. The monoisotopic (exact) mass is 317 g/mol. The van der Waals surface area contributed by atoms with Gasteiger partial charge in [-0.3, -0.25) is 10.1 Å². The molecule has 94 valence electrons. The van der Waals surface area contributed by atoms with E-state index < -0.39 is 0 Å². The van der Waals surface area contributed by atoms with Gasteiger partial charge in [0.15, 0.2) is 0 Å². The number of nitrogens with zero attached hydrogens (tertiary/aromatic N) is 1. The molecule has 4 nitrogen and oxygen atoms in total. The zero-order valence-corrected chi connectivity index (χ0v) is 11.3. The fourth-order valence-corrected chi connectivity index (χ4v) is 2.62. The van der Waals surface area contributed by atoms with E-state index in [0.29, 0.717) is 15.6 Å². The fraction of sp³-hybridized carbons (Fsp3) is 0. The first-order valence-electron chi connectivity index (χ1n) is 5.58. The molecule has 0 amide bonds. The van der Waals surface area contributed by atoms with Gasteiger partial charge in [0.2, 0.25) is 0 Å². The lowest BCUT2D eigenvalue weighted by Crippen LogP contribution is -1.92. The Balaban J connectivity index is 2.33. The molecule has 5 heteroatoms. The van der Waals surface area contributed by atoms with Gasteiger partial charge in [0.1, 0.15) is 5.58 Å². The van der Waals surface area contributed by atoms with Crippen LogP contribution < -0.4 is 0 Å². The van der Waals surface area contributed by atoms with Crippen molar-refractivity contribution in [2.75, 3.05) is 0 Å². The lowest BCUT2D eigenvalue weighted by Gasteiger charge is -2.02. The number of para-hydroxylation sites is 2. The van der Waals surface area contributed by atoms with Gasteiger partial charge in [-0.25, -0.2) is 0 Å². The average molecular weight is 318 g/mol.